The van der Waals surface area contributed by atoms with Crippen molar-refractivity contribution in [2.24, 2.45) is 11.0 Å². The molecule has 0 bridgehead atoms. The second-order valence-corrected chi connectivity index (χ2v) is 10.3. The van der Waals surface area contributed by atoms with Crippen molar-refractivity contribution in [2.45, 2.75) is 63.4 Å². The number of nitrogens with zero attached hydrogens (tertiary/aromatic N) is 2. The second-order valence-electron chi connectivity index (χ2n) is 8.61. The Morgan fingerprint density at radius 3 is 2.38 bits per heavy atom. The summed E-state index contributed by atoms with van der Waals surface area (Å²) in [5.41, 5.74) is 1.94. The van der Waals surface area contributed by atoms with Crippen LogP contribution < -0.4 is 9.46 Å². The number of sulfonamides is 1. The molecule has 34 heavy (non-hydrogen) atoms. The van der Waals surface area contributed by atoms with Crippen LogP contribution in [0.2, 0.25) is 0 Å². The molecule has 1 heterocycles. The highest BCUT2D eigenvalue weighted by Gasteiger charge is 2.33. The third-order valence-electron chi connectivity index (χ3n) is 6.15. The normalized spacial score (nSPS) is 17.9. The van der Waals surface area contributed by atoms with Crippen LogP contribution in [0.15, 0.2) is 58.5 Å². The lowest BCUT2D eigenvalue weighted by Gasteiger charge is -2.21. The Labute approximate surface area is 201 Å². The van der Waals surface area contributed by atoms with Crippen molar-refractivity contribution < 1.29 is 22.3 Å². The first kappa shape index (κ1) is 25.8. The molecule has 7 nitrogen and oxygen atoms in total. The SMILES string of the molecule is CCC(CCC(C)NS(=O)(=O)c1ccc(F)cc1)C1=NN(C(C)=O)C(c2ccc(OC)cc2)C1. The average Bonchev–Trinajstić information content (AvgIpc) is 3.25. The standard InChI is InChI=1S/C25H32FN3O4S/c1-5-19(7-6-17(2)28-34(31,32)23-14-10-21(26)11-15-23)24-16-25(29(27-24)18(3)30)20-8-12-22(33-4)13-9-20/h8-15,17,19,25,28H,5-7,16H2,1-4H3. The quantitative estimate of drug-likeness (QED) is 0.526. The van der Waals surface area contributed by atoms with Crippen molar-refractivity contribution in [3.8, 4) is 5.75 Å². The summed E-state index contributed by atoms with van der Waals surface area (Å²) in [6.07, 6.45) is 2.80. The van der Waals surface area contributed by atoms with Crippen molar-refractivity contribution in [2.75, 3.05) is 7.11 Å². The van der Waals surface area contributed by atoms with Crippen LogP contribution in [-0.2, 0) is 14.8 Å². The van der Waals surface area contributed by atoms with Crippen LogP contribution in [-0.4, -0.2) is 38.2 Å². The van der Waals surface area contributed by atoms with E-state index in [2.05, 4.69) is 16.7 Å². The van der Waals surface area contributed by atoms with E-state index >= 15 is 0 Å². The van der Waals surface area contributed by atoms with Gasteiger partial charge in [0, 0.05) is 25.1 Å². The molecular weight excluding hydrogens is 457 g/mol. The molecule has 1 aliphatic heterocycles. The number of nitrogens with one attached hydrogen (secondary N) is 1. The number of hydrogen-bond acceptors (Lipinski definition) is 5. The van der Waals surface area contributed by atoms with Gasteiger partial charge in [0.05, 0.1) is 18.0 Å². The maximum Gasteiger partial charge on any atom is 0.240 e. The molecule has 0 saturated heterocycles. The van der Waals surface area contributed by atoms with Crippen LogP contribution in [0.25, 0.3) is 0 Å². The molecule has 0 radical (unpaired) electrons. The fourth-order valence-electron chi connectivity index (χ4n) is 4.22. The van der Waals surface area contributed by atoms with Crippen LogP contribution in [0.5, 0.6) is 5.75 Å². The molecule has 2 aromatic rings. The number of hydrazone groups is 1. The zero-order chi connectivity index (χ0) is 24.9. The summed E-state index contributed by atoms with van der Waals surface area (Å²) in [4.78, 5) is 12.3. The Bertz CT molecular complexity index is 1120. The number of methoxy groups -OCH3 is 1. The van der Waals surface area contributed by atoms with Gasteiger partial charge in [0.25, 0.3) is 0 Å². The highest BCUT2D eigenvalue weighted by molar-refractivity contribution is 7.89. The lowest BCUT2D eigenvalue weighted by Crippen LogP contribution is -2.33. The van der Waals surface area contributed by atoms with Crippen molar-refractivity contribution in [1.29, 1.82) is 0 Å². The maximum absolute atomic E-state index is 13.1. The number of amides is 1. The van der Waals surface area contributed by atoms with Crippen LogP contribution in [0.4, 0.5) is 4.39 Å². The zero-order valence-corrected chi connectivity index (χ0v) is 20.8. The van der Waals surface area contributed by atoms with Crippen LogP contribution in [0.1, 0.15) is 58.1 Å². The smallest absolute Gasteiger partial charge is 0.240 e. The molecule has 2 aromatic carbocycles. The van der Waals surface area contributed by atoms with Gasteiger partial charge in [0.1, 0.15) is 11.6 Å². The molecule has 3 rings (SSSR count). The van der Waals surface area contributed by atoms with E-state index in [9.17, 15) is 17.6 Å². The fraction of sp³-hybridized carbons (Fsp3) is 0.440. The van der Waals surface area contributed by atoms with E-state index in [1.165, 1.54) is 19.1 Å². The summed E-state index contributed by atoms with van der Waals surface area (Å²) in [5, 5.41) is 6.20. The topological polar surface area (TPSA) is 88.1 Å². The molecule has 3 unspecified atom stereocenters. The van der Waals surface area contributed by atoms with Gasteiger partial charge in [-0.25, -0.2) is 22.5 Å². The second kappa shape index (κ2) is 11.1. The Morgan fingerprint density at radius 2 is 1.82 bits per heavy atom. The lowest BCUT2D eigenvalue weighted by atomic mass is 9.89. The van der Waals surface area contributed by atoms with Crippen LogP contribution >= 0.6 is 0 Å². The van der Waals surface area contributed by atoms with E-state index < -0.39 is 15.8 Å². The van der Waals surface area contributed by atoms with Crippen LogP contribution in [0, 0.1) is 11.7 Å². The van der Waals surface area contributed by atoms with Gasteiger partial charge in [-0.1, -0.05) is 19.1 Å². The predicted octanol–water partition coefficient (Wildman–Crippen LogP) is 4.66. The van der Waals surface area contributed by atoms with Crippen molar-refractivity contribution >= 4 is 21.6 Å². The van der Waals surface area contributed by atoms with E-state index in [0.29, 0.717) is 12.8 Å². The number of halogens is 1. The van der Waals surface area contributed by atoms with Gasteiger partial charge in [-0.15, -0.1) is 0 Å². The minimum absolute atomic E-state index is 0.0346. The number of benzene rings is 2. The molecule has 3 atom stereocenters. The molecule has 1 amide bonds. The highest BCUT2D eigenvalue weighted by atomic mass is 32.2. The number of carbonyl (C=O) groups excluding carboxylic acids is 1. The molecule has 1 aliphatic rings. The summed E-state index contributed by atoms with van der Waals surface area (Å²) >= 11 is 0. The van der Waals surface area contributed by atoms with Gasteiger partial charge >= 0.3 is 0 Å². The van der Waals surface area contributed by atoms with Gasteiger partial charge in [-0.05, 0) is 74.1 Å². The average molecular weight is 490 g/mol. The van der Waals surface area contributed by atoms with E-state index in [0.717, 1.165) is 42.0 Å². The van der Waals surface area contributed by atoms with E-state index in [-0.39, 0.29) is 28.8 Å². The van der Waals surface area contributed by atoms with Gasteiger partial charge in [0.2, 0.25) is 15.9 Å². The Hall–Kier alpha value is -2.78. The number of carbonyl (C=O) groups is 1. The van der Waals surface area contributed by atoms with Crippen molar-refractivity contribution in [1.82, 2.24) is 9.73 Å². The highest BCUT2D eigenvalue weighted by Crippen LogP contribution is 2.35. The Kier molecular flexibility index (Phi) is 8.43. The van der Waals surface area contributed by atoms with Gasteiger partial charge in [-0.2, -0.15) is 5.10 Å². The monoisotopic (exact) mass is 489 g/mol. The molecule has 0 saturated carbocycles. The van der Waals surface area contributed by atoms with Gasteiger partial charge in [0.15, 0.2) is 0 Å². The predicted molar refractivity (Wildman–Crippen MR) is 130 cm³/mol. The molecule has 9 heteroatoms. The summed E-state index contributed by atoms with van der Waals surface area (Å²) in [5.74, 6) is 0.275. The van der Waals surface area contributed by atoms with E-state index in [1.807, 2.05) is 31.2 Å². The first-order valence-corrected chi connectivity index (χ1v) is 12.9. The lowest BCUT2D eigenvalue weighted by molar-refractivity contribution is -0.130. The molecular formula is C25H32FN3O4S. The number of hydrogen-bond donors (Lipinski definition) is 1. The van der Waals surface area contributed by atoms with E-state index in [4.69, 9.17) is 4.74 Å². The summed E-state index contributed by atoms with van der Waals surface area (Å²) in [7, 11) is -2.12. The zero-order valence-electron chi connectivity index (χ0n) is 20.0. The molecule has 0 aromatic heterocycles. The molecule has 0 spiro atoms. The Morgan fingerprint density at radius 1 is 1.18 bits per heavy atom. The number of rotatable bonds is 10. The third kappa shape index (κ3) is 6.21. The van der Waals surface area contributed by atoms with Crippen molar-refractivity contribution in [3.63, 3.8) is 0 Å². The largest absolute Gasteiger partial charge is 0.497 e. The first-order chi connectivity index (χ1) is 16.1. The van der Waals surface area contributed by atoms with E-state index in [1.54, 1.807) is 12.1 Å². The first-order valence-electron chi connectivity index (χ1n) is 11.4. The number of ether oxygens (including phenoxy) is 1. The third-order valence-corrected chi connectivity index (χ3v) is 7.75. The fourth-order valence-corrected chi connectivity index (χ4v) is 5.50. The molecule has 1 N–H and O–H groups in total. The van der Waals surface area contributed by atoms with Crippen molar-refractivity contribution in [3.05, 3.63) is 59.9 Å². The molecule has 0 aliphatic carbocycles. The Balaban J connectivity index is 1.65. The summed E-state index contributed by atoms with van der Waals surface area (Å²) in [6.45, 7) is 5.39. The molecule has 184 valence electrons. The molecule has 0 fully saturated rings. The minimum Gasteiger partial charge on any atom is -0.497 e. The maximum atomic E-state index is 13.1. The summed E-state index contributed by atoms with van der Waals surface area (Å²) < 4.78 is 46.2. The summed E-state index contributed by atoms with van der Waals surface area (Å²) in [6, 6.07) is 11.9. The minimum atomic E-state index is -3.73. The van der Waals surface area contributed by atoms with Crippen LogP contribution in [0.3, 0.4) is 0 Å². The van der Waals surface area contributed by atoms with Gasteiger partial charge in [-0.3, -0.25) is 4.79 Å². The van der Waals surface area contributed by atoms with Gasteiger partial charge < -0.3 is 4.74 Å².